The Balaban J connectivity index is 1.99. The second kappa shape index (κ2) is 10.2. The molecular formula is C28H28ClN3O2. The highest BCUT2D eigenvalue weighted by Gasteiger charge is 2.25. The number of rotatable bonds is 7. The van der Waals surface area contributed by atoms with Crippen LogP contribution in [0.25, 0.3) is 16.5 Å². The smallest absolute Gasteiger partial charge is 0.264 e. The number of nitrogens with one attached hydrogen (secondary N) is 1. The molecule has 1 aromatic heterocycles. The topological polar surface area (TPSA) is 54.3 Å². The third-order valence-corrected chi connectivity index (χ3v) is 6.20. The summed E-state index contributed by atoms with van der Waals surface area (Å²) < 4.78 is 1.62. The molecule has 1 N–H and O–H groups in total. The summed E-state index contributed by atoms with van der Waals surface area (Å²) in [6.07, 6.45) is 0.732. The molecule has 0 saturated heterocycles. The van der Waals surface area contributed by atoms with E-state index in [-0.39, 0.29) is 17.5 Å². The number of fused-ring (bicyclic) bond motifs is 1. The predicted octanol–water partition coefficient (Wildman–Crippen LogP) is 5.59. The molecule has 6 heteroatoms. The maximum Gasteiger partial charge on any atom is 0.264 e. The normalized spacial score (nSPS) is 12.1. The van der Waals surface area contributed by atoms with Gasteiger partial charge in [0, 0.05) is 17.6 Å². The molecule has 0 unspecified atom stereocenters. The van der Waals surface area contributed by atoms with Gasteiger partial charge < -0.3 is 10.2 Å². The molecule has 0 spiro atoms. The Labute approximate surface area is 204 Å². The van der Waals surface area contributed by atoms with Crippen molar-refractivity contribution < 1.29 is 4.79 Å². The van der Waals surface area contributed by atoms with Crippen LogP contribution in [0.5, 0.6) is 0 Å². The third-order valence-electron chi connectivity index (χ3n) is 5.88. The predicted molar refractivity (Wildman–Crippen MR) is 139 cm³/mol. The van der Waals surface area contributed by atoms with Crippen molar-refractivity contribution in [3.63, 3.8) is 0 Å². The molecule has 1 heterocycles. The molecule has 1 amide bonds. The highest BCUT2D eigenvalue weighted by molar-refractivity contribution is 6.36. The van der Waals surface area contributed by atoms with Gasteiger partial charge in [0.05, 0.1) is 27.7 Å². The average molecular weight is 474 g/mol. The van der Waals surface area contributed by atoms with Gasteiger partial charge in [-0.1, -0.05) is 79.2 Å². The van der Waals surface area contributed by atoms with E-state index in [1.165, 1.54) is 0 Å². The van der Waals surface area contributed by atoms with Crippen molar-refractivity contribution in [1.29, 1.82) is 0 Å². The minimum Gasteiger partial charge on any atom is -0.345 e. The van der Waals surface area contributed by atoms with E-state index >= 15 is 0 Å². The lowest BCUT2D eigenvalue weighted by Crippen LogP contribution is -2.34. The zero-order valence-corrected chi connectivity index (χ0v) is 20.3. The molecule has 0 fully saturated rings. The maximum absolute atomic E-state index is 13.9. The van der Waals surface area contributed by atoms with E-state index in [4.69, 9.17) is 11.6 Å². The van der Waals surface area contributed by atoms with E-state index in [1.54, 1.807) is 22.8 Å². The molecule has 174 valence electrons. The number of para-hydroxylation sites is 1. The van der Waals surface area contributed by atoms with E-state index in [9.17, 15) is 9.59 Å². The summed E-state index contributed by atoms with van der Waals surface area (Å²) in [6, 6.07) is 24.4. The van der Waals surface area contributed by atoms with Crippen LogP contribution >= 0.6 is 11.6 Å². The van der Waals surface area contributed by atoms with Crippen LogP contribution in [0.3, 0.4) is 0 Å². The first-order valence-electron chi connectivity index (χ1n) is 11.3. The fraction of sp³-hybridized carbons (Fsp3) is 0.214. The monoisotopic (exact) mass is 473 g/mol. The molecule has 0 aliphatic carbocycles. The standard InChI is InChI=1S/C28H28ClN3O2/c1-4-23(19-12-7-5-8-13-19)30-27(33)26-21-16-11-17-22(29)25(21)28(34)32(24(26)18-31(2)3)20-14-9-6-10-15-20/h5-17,23H,4,18H2,1-3H3,(H,30,33)/t23-/m0/s1. The number of nitrogens with zero attached hydrogens (tertiary/aromatic N) is 2. The van der Waals surface area contributed by atoms with Crippen LogP contribution < -0.4 is 10.9 Å². The number of hydrogen-bond acceptors (Lipinski definition) is 3. The van der Waals surface area contributed by atoms with Crippen molar-refractivity contribution in [2.75, 3.05) is 14.1 Å². The third kappa shape index (κ3) is 4.63. The Kier molecular flexibility index (Phi) is 7.15. The first kappa shape index (κ1) is 23.7. The number of amides is 1. The van der Waals surface area contributed by atoms with E-state index < -0.39 is 0 Å². The van der Waals surface area contributed by atoms with Gasteiger partial charge in [0.25, 0.3) is 11.5 Å². The van der Waals surface area contributed by atoms with Crippen LogP contribution in [-0.2, 0) is 6.54 Å². The van der Waals surface area contributed by atoms with Gasteiger partial charge in [-0.15, -0.1) is 0 Å². The van der Waals surface area contributed by atoms with Crippen molar-refractivity contribution in [2.24, 2.45) is 0 Å². The van der Waals surface area contributed by atoms with Gasteiger partial charge in [-0.25, -0.2) is 0 Å². The summed E-state index contributed by atoms with van der Waals surface area (Å²) in [7, 11) is 3.84. The molecule has 1 atom stereocenters. The van der Waals surface area contributed by atoms with Gasteiger partial charge in [-0.3, -0.25) is 14.2 Å². The minimum absolute atomic E-state index is 0.160. The SMILES string of the molecule is CC[C@H](NC(=O)c1c(CN(C)C)n(-c2ccccc2)c(=O)c2c(Cl)cccc12)c1ccccc1. The molecular weight excluding hydrogens is 446 g/mol. The molecule has 0 bridgehead atoms. The second-order valence-electron chi connectivity index (χ2n) is 8.54. The lowest BCUT2D eigenvalue weighted by molar-refractivity contribution is 0.0935. The van der Waals surface area contributed by atoms with Gasteiger partial charge >= 0.3 is 0 Å². The molecule has 5 nitrogen and oxygen atoms in total. The van der Waals surface area contributed by atoms with Crippen LogP contribution in [0.4, 0.5) is 0 Å². The lowest BCUT2D eigenvalue weighted by atomic mass is 9.99. The van der Waals surface area contributed by atoms with Crippen LogP contribution in [0.2, 0.25) is 5.02 Å². The van der Waals surface area contributed by atoms with Gasteiger partial charge in [0.2, 0.25) is 0 Å². The molecule has 0 aliphatic heterocycles. The van der Waals surface area contributed by atoms with Gasteiger partial charge in [-0.05, 0) is 44.3 Å². The van der Waals surface area contributed by atoms with E-state index in [0.29, 0.717) is 39.3 Å². The van der Waals surface area contributed by atoms with Gasteiger partial charge in [0.1, 0.15) is 0 Å². The first-order valence-corrected chi connectivity index (χ1v) is 11.7. The molecule has 4 rings (SSSR count). The quantitative estimate of drug-likeness (QED) is 0.381. The van der Waals surface area contributed by atoms with Crippen LogP contribution in [-0.4, -0.2) is 29.5 Å². The van der Waals surface area contributed by atoms with Crippen molar-refractivity contribution >= 4 is 28.3 Å². The Bertz CT molecular complexity index is 1370. The Hall–Kier alpha value is -3.41. The fourth-order valence-electron chi connectivity index (χ4n) is 4.34. The van der Waals surface area contributed by atoms with E-state index in [1.807, 2.05) is 86.6 Å². The molecule has 0 radical (unpaired) electrons. The molecule has 0 saturated carbocycles. The largest absolute Gasteiger partial charge is 0.345 e. The van der Waals surface area contributed by atoms with Crippen molar-refractivity contribution in [3.8, 4) is 5.69 Å². The Morgan fingerprint density at radius 2 is 1.62 bits per heavy atom. The fourth-order valence-corrected chi connectivity index (χ4v) is 4.60. The zero-order chi connectivity index (χ0) is 24.2. The highest BCUT2D eigenvalue weighted by atomic mass is 35.5. The van der Waals surface area contributed by atoms with E-state index in [0.717, 1.165) is 12.0 Å². The van der Waals surface area contributed by atoms with Gasteiger partial charge in [-0.2, -0.15) is 0 Å². The van der Waals surface area contributed by atoms with E-state index in [2.05, 4.69) is 5.32 Å². The summed E-state index contributed by atoms with van der Waals surface area (Å²) in [5, 5.41) is 4.43. The molecule has 34 heavy (non-hydrogen) atoms. The van der Waals surface area contributed by atoms with Crippen LogP contribution in [0.15, 0.2) is 83.7 Å². The van der Waals surface area contributed by atoms with Crippen molar-refractivity contribution in [3.05, 3.63) is 111 Å². The number of carbonyl (C=O) groups excluding carboxylic acids is 1. The van der Waals surface area contributed by atoms with Crippen molar-refractivity contribution in [2.45, 2.75) is 25.9 Å². The summed E-state index contributed by atoms with van der Waals surface area (Å²) in [4.78, 5) is 29.6. The zero-order valence-electron chi connectivity index (χ0n) is 19.6. The molecule has 0 aliphatic rings. The van der Waals surface area contributed by atoms with Gasteiger partial charge in [0.15, 0.2) is 0 Å². The second-order valence-corrected chi connectivity index (χ2v) is 8.95. The molecule has 3 aromatic carbocycles. The summed E-state index contributed by atoms with van der Waals surface area (Å²) >= 11 is 6.53. The first-order chi connectivity index (χ1) is 16.4. The number of aromatic nitrogens is 1. The number of hydrogen-bond donors (Lipinski definition) is 1. The number of carbonyl (C=O) groups is 1. The highest BCUT2D eigenvalue weighted by Crippen LogP contribution is 2.29. The van der Waals surface area contributed by atoms with Crippen molar-refractivity contribution in [1.82, 2.24) is 14.8 Å². The number of halogens is 1. The Morgan fingerprint density at radius 3 is 2.24 bits per heavy atom. The Morgan fingerprint density at radius 1 is 0.971 bits per heavy atom. The number of benzene rings is 3. The maximum atomic E-state index is 13.9. The summed E-state index contributed by atoms with van der Waals surface area (Å²) in [6.45, 7) is 2.44. The van der Waals surface area contributed by atoms with Crippen LogP contribution in [0.1, 0.15) is 41.0 Å². The average Bonchev–Trinajstić information content (AvgIpc) is 2.83. The summed E-state index contributed by atoms with van der Waals surface area (Å²) in [5.74, 6) is -0.232. The number of pyridine rings is 1. The molecule has 4 aromatic rings. The van der Waals surface area contributed by atoms with Crippen LogP contribution in [0, 0.1) is 0 Å². The lowest BCUT2D eigenvalue weighted by Gasteiger charge is -2.24. The minimum atomic E-state index is -0.240. The summed E-state index contributed by atoms with van der Waals surface area (Å²) in [5.41, 5.74) is 2.57.